The van der Waals surface area contributed by atoms with Crippen molar-refractivity contribution < 1.29 is 17.5 Å². The number of para-hydroxylation sites is 2. The lowest BCUT2D eigenvalue weighted by Crippen LogP contribution is -2.06. The van der Waals surface area contributed by atoms with E-state index in [0.29, 0.717) is 5.41 Å². The van der Waals surface area contributed by atoms with Gasteiger partial charge in [0.2, 0.25) is 0 Å². The highest BCUT2D eigenvalue weighted by molar-refractivity contribution is 7.90. The molecule has 0 fully saturated rings. The molecule has 0 aliphatic rings. The second kappa shape index (κ2) is 6.99. The summed E-state index contributed by atoms with van der Waals surface area (Å²) in [5, 5.41) is 11.6. The van der Waals surface area contributed by atoms with Crippen LogP contribution in [0.25, 0.3) is 6.08 Å². The van der Waals surface area contributed by atoms with Gasteiger partial charge in [-0.1, -0.05) is 41.4 Å². The van der Waals surface area contributed by atoms with Gasteiger partial charge in [-0.3, -0.25) is 10.1 Å². The van der Waals surface area contributed by atoms with Crippen LogP contribution in [0.15, 0.2) is 47.9 Å². The van der Waals surface area contributed by atoms with Crippen molar-refractivity contribution in [1.82, 2.24) is 0 Å². The Labute approximate surface area is 142 Å². The smallest absolute Gasteiger partial charge is 0.332 e. The molecule has 6 nitrogen and oxygen atoms in total. The molecule has 2 aromatic rings. The lowest BCUT2D eigenvalue weighted by Gasteiger charge is -2.07. The lowest BCUT2D eigenvalue weighted by molar-refractivity contribution is -0.385. The summed E-state index contributed by atoms with van der Waals surface area (Å²) in [7, 11) is -4.19. The zero-order valence-electron chi connectivity index (χ0n) is 11.3. The molecule has 23 heavy (non-hydrogen) atoms. The number of halogens is 2. The summed E-state index contributed by atoms with van der Waals surface area (Å²) < 4.78 is 28.8. The Morgan fingerprint density at radius 2 is 1.65 bits per heavy atom. The topological polar surface area (TPSA) is 86.5 Å². The molecular formula is C14H9Cl2NO5S. The first kappa shape index (κ1) is 17.3. The van der Waals surface area contributed by atoms with Crippen LogP contribution in [0, 0.1) is 10.1 Å². The van der Waals surface area contributed by atoms with Crippen molar-refractivity contribution in [3.8, 4) is 5.75 Å². The fourth-order valence-electron chi connectivity index (χ4n) is 1.66. The number of benzene rings is 2. The molecule has 0 bridgehead atoms. The SMILES string of the molecule is O=[N+]([O-])c1ccccc1C=CS(=O)(=O)Oc1c(Cl)cccc1Cl. The predicted octanol–water partition coefficient (Wildman–Crippen LogP) is 4.28. The second-order valence-corrected chi connectivity index (χ2v) is 6.48. The van der Waals surface area contributed by atoms with E-state index in [1.165, 1.54) is 36.4 Å². The van der Waals surface area contributed by atoms with Gasteiger partial charge in [-0.2, -0.15) is 8.42 Å². The Balaban J connectivity index is 2.30. The highest BCUT2D eigenvalue weighted by Gasteiger charge is 2.16. The molecule has 0 spiro atoms. The van der Waals surface area contributed by atoms with Crippen LogP contribution >= 0.6 is 23.2 Å². The number of hydrogen-bond acceptors (Lipinski definition) is 5. The molecule has 2 rings (SSSR count). The van der Waals surface area contributed by atoms with Gasteiger partial charge < -0.3 is 4.18 Å². The monoisotopic (exact) mass is 373 g/mol. The third-order valence-corrected chi connectivity index (χ3v) is 4.13. The van der Waals surface area contributed by atoms with Crippen molar-refractivity contribution in [1.29, 1.82) is 0 Å². The molecule has 0 saturated heterocycles. The van der Waals surface area contributed by atoms with Gasteiger partial charge in [0.1, 0.15) is 0 Å². The van der Waals surface area contributed by atoms with Gasteiger partial charge in [0.05, 0.1) is 25.9 Å². The van der Waals surface area contributed by atoms with E-state index in [-0.39, 0.29) is 27.0 Å². The van der Waals surface area contributed by atoms with Crippen molar-refractivity contribution in [3.05, 3.63) is 73.6 Å². The van der Waals surface area contributed by atoms with Gasteiger partial charge in [-0.25, -0.2) is 0 Å². The molecule has 0 aliphatic heterocycles. The second-order valence-electron chi connectivity index (χ2n) is 4.25. The third kappa shape index (κ3) is 4.44. The Morgan fingerprint density at radius 3 is 2.26 bits per heavy atom. The molecular weight excluding hydrogens is 365 g/mol. The number of rotatable bonds is 5. The van der Waals surface area contributed by atoms with E-state index in [4.69, 9.17) is 27.4 Å². The lowest BCUT2D eigenvalue weighted by atomic mass is 10.2. The summed E-state index contributed by atoms with van der Waals surface area (Å²) in [5.74, 6) is -0.206. The first-order valence-electron chi connectivity index (χ1n) is 6.10. The average molecular weight is 374 g/mol. The fourth-order valence-corrected chi connectivity index (χ4v) is 3.00. The van der Waals surface area contributed by atoms with E-state index >= 15 is 0 Å². The van der Waals surface area contributed by atoms with Crippen LogP contribution in [0.2, 0.25) is 10.0 Å². The van der Waals surface area contributed by atoms with Gasteiger partial charge in [0.25, 0.3) is 5.69 Å². The zero-order valence-corrected chi connectivity index (χ0v) is 13.7. The normalized spacial score (nSPS) is 11.6. The van der Waals surface area contributed by atoms with Crippen LogP contribution in [0.1, 0.15) is 5.56 Å². The predicted molar refractivity (Wildman–Crippen MR) is 88.1 cm³/mol. The summed E-state index contributed by atoms with van der Waals surface area (Å²) >= 11 is 11.7. The maximum Gasteiger partial charge on any atom is 0.332 e. The number of nitro benzene ring substituents is 1. The molecule has 0 N–H and O–H groups in total. The highest BCUT2D eigenvalue weighted by Crippen LogP contribution is 2.33. The van der Waals surface area contributed by atoms with E-state index in [9.17, 15) is 18.5 Å². The summed E-state index contributed by atoms with van der Waals surface area (Å²) in [6.07, 6.45) is 1.07. The largest absolute Gasteiger partial charge is 0.376 e. The van der Waals surface area contributed by atoms with Crippen molar-refractivity contribution in [2.24, 2.45) is 0 Å². The van der Waals surface area contributed by atoms with E-state index in [0.717, 1.165) is 6.08 Å². The quantitative estimate of drug-likeness (QED) is 0.443. The summed E-state index contributed by atoms with van der Waals surface area (Å²) in [5.41, 5.74) is -0.107. The van der Waals surface area contributed by atoms with Crippen LogP contribution in [-0.4, -0.2) is 13.3 Å². The molecule has 0 saturated carbocycles. The molecule has 0 aliphatic carbocycles. The van der Waals surface area contributed by atoms with E-state index < -0.39 is 15.0 Å². The Bertz CT molecular complexity index is 860. The van der Waals surface area contributed by atoms with Crippen LogP contribution in [0.4, 0.5) is 5.69 Å². The van der Waals surface area contributed by atoms with Gasteiger partial charge >= 0.3 is 10.1 Å². The molecule has 9 heteroatoms. The first-order chi connectivity index (χ1) is 10.8. The van der Waals surface area contributed by atoms with Crippen molar-refractivity contribution in [3.63, 3.8) is 0 Å². The van der Waals surface area contributed by atoms with Crippen LogP contribution in [0.3, 0.4) is 0 Å². The summed E-state index contributed by atoms with van der Waals surface area (Å²) in [4.78, 5) is 10.3. The molecule has 0 atom stereocenters. The number of hydrogen-bond donors (Lipinski definition) is 0. The Kier molecular flexibility index (Phi) is 5.25. The van der Waals surface area contributed by atoms with Gasteiger partial charge in [0, 0.05) is 6.07 Å². The maximum absolute atomic E-state index is 12.0. The molecule has 0 aromatic heterocycles. The van der Waals surface area contributed by atoms with Crippen LogP contribution < -0.4 is 4.18 Å². The molecule has 0 heterocycles. The van der Waals surface area contributed by atoms with Crippen molar-refractivity contribution >= 4 is 45.1 Å². The molecule has 0 radical (unpaired) electrons. The Hall–Kier alpha value is -2.09. The Morgan fingerprint density at radius 1 is 1.04 bits per heavy atom. The maximum atomic E-state index is 12.0. The third-order valence-electron chi connectivity index (χ3n) is 2.67. The van der Waals surface area contributed by atoms with E-state index in [2.05, 4.69) is 0 Å². The minimum atomic E-state index is -4.19. The zero-order chi connectivity index (χ0) is 17.0. The molecule has 2 aromatic carbocycles. The van der Waals surface area contributed by atoms with Crippen molar-refractivity contribution in [2.75, 3.05) is 0 Å². The van der Waals surface area contributed by atoms with E-state index in [1.807, 2.05) is 0 Å². The van der Waals surface area contributed by atoms with Crippen LogP contribution in [-0.2, 0) is 10.1 Å². The number of nitrogens with zero attached hydrogens (tertiary/aromatic N) is 1. The van der Waals surface area contributed by atoms with Gasteiger partial charge in [0.15, 0.2) is 5.75 Å². The van der Waals surface area contributed by atoms with E-state index in [1.54, 1.807) is 6.07 Å². The summed E-state index contributed by atoms with van der Waals surface area (Å²) in [6.45, 7) is 0. The molecule has 120 valence electrons. The highest BCUT2D eigenvalue weighted by atomic mass is 35.5. The summed E-state index contributed by atoms with van der Waals surface area (Å²) in [6, 6.07) is 10.1. The minimum Gasteiger partial charge on any atom is -0.376 e. The molecule has 0 unspecified atom stereocenters. The number of nitro groups is 1. The first-order valence-corrected chi connectivity index (χ1v) is 8.33. The molecule has 0 amide bonds. The standard InChI is InChI=1S/C14H9Cl2NO5S/c15-11-5-3-6-12(16)14(11)22-23(20,21)9-8-10-4-1-2-7-13(10)17(18)19/h1-9H. The average Bonchev–Trinajstić information content (AvgIpc) is 2.49. The van der Waals surface area contributed by atoms with Crippen LogP contribution in [0.5, 0.6) is 5.75 Å². The van der Waals surface area contributed by atoms with Gasteiger partial charge in [-0.05, 0) is 24.3 Å². The minimum absolute atomic E-state index is 0.0279. The van der Waals surface area contributed by atoms with Crippen molar-refractivity contribution in [2.45, 2.75) is 0 Å². The fraction of sp³-hybridized carbons (Fsp3) is 0. The van der Waals surface area contributed by atoms with Gasteiger partial charge in [-0.15, -0.1) is 0 Å².